The third-order valence-electron chi connectivity index (χ3n) is 5.11. The van der Waals surface area contributed by atoms with Crippen LogP contribution in [0.4, 0.5) is 4.39 Å². The molecular weight excluding hydrogens is 265 g/mol. The van der Waals surface area contributed by atoms with Crippen molar-refractivity contribution in [3.8, 4) is 0 Å². The SMILES string of the molecule is Cc1cc(F)ccc1C(CN)N1CCC(N2CCCC2)C1. The zero-order valence-corrected chi connectivity index (χ0v) is 12.9. The predicted molar refractivity (Wildman–Crippen MR) is 83.7 cm³/mol. The molecule has 0 spiro atoms. The largest absolute Gasteiger partial charge is 0.329 e. The Morgan fingerprint density at radius 1 is 1.29 bits per heavy atom. The Hall–Kier alpha value is -0.970. The summed E-state index contributed by atoms with van der Waals surface area (Å²) in [6, 6.07) is 5.98. The van der Waals surface area contributed by atoms with Gasteiger partial charge in [-0.3, -0.25) is 9.80 Å². The third kappa shape index (κ3) is 3.12. The maximum Gasteiger partial charge on any atom is 0.123 e. The fraction of sp³-hybridized carbons (Fsp3) is 0.647. The van der Waals surface area contributed by atoms with Crippen molar-refractivity contribution in [3.63, 3.8) is 0 Å². The van der Waals surface area contributed by atoms with Gasteiger partial charge in [0.1, 0.15) is 5.82 Å². The summed E-state index contributed by atoms with van der Waals surface area (Å²) >= 11 is 0. The number of hydrogen-bond acceptors (Lipinski definition) is 3. The lowest BCUT2D eigenvalue weighted by molar-refractivity contribution is 0.202. The van der Waals surface area contributed by atoms with Crippen LogP contribution in [-0.4, -0.2) is 48.6 Å². The van der Waals surface area contributed by atoms with E-state index in [1.165, 1.54) is 37.9 Å². The van der Waals surface area contributed by atoms with E-state index in [2.05, 4.69) is 9.80 Å². The Morgan fingerprint density at radius 3 is 2.71 bits per heavy atom. The second-order valence-electron chi connectivity index (χ2n) is 6.43. The van der Waals surface area contributed by atoms with Crippen LogP contribution in [0.1, 0.15) is 36.4 Å². The zero-order chi connectivity index (χ0) is 14.8. The van der Waals surface area contributed by atoms with Crippen LogP contribution in [-0.2, 0) is 0 Å². The molecule has 0 amide bonds. The molecule has 21 heavy (non-hydrogen) atoms. The molecule has 3 nitrogen and oxygen atoms in total. The molecule has 2 heterocycles. The van der Waals surface area contributed by atoms with Crippen molar-refractivity contribution in [2.75, 3.05) is 32.7 Å². The van der Waals surface area contributed by atoms with Crippen molar-refractivity contribution in [1.29, 1.82) is 0 Å². The Kier molecular flexibility index (Phi) is 4.57. The molecule has 0 aromatic heterocycles. The van der Waals surface area contributed by atoms with Gasteiger partial charge in [-0.1, -0.05) is 6.07 Å². The summed E-state index contributed by atoms with van der Waals surface area (Å²) in [7, 11) is 0. The predicted octanol–water partition coefficient (Wildman–Crippen LogP) is 2.30. The van der Waals surface area contributed by atoms with E-state index in [0.29, 0.717) is 12.6 Å². The van der Waals surface area contributed by atoms with Crippen LogP contribution in [0.3, 0.4) is 0 Å². The first kappa shape index (κ1) is 14.9. The first-order chi connectivity index (χ1) is 10.2. The Bertz CT molecular complexity index is 485. The summed E-state index contributed by atoms with van der Waals surface area (Å²) in [4.78, 5) is 5.12. The molecule has 2 N–H and O–H groups in total. The first-order valence-electron chi connectivity index (χ1n) is 8.13. The van der Waals surface area contributed by atoms with E-state index in [1.54, 1.807) is 12.1 Å². The number of hydrogen-bond donors (Lipinski definition) is 1. The Labute approximate surface area is 126 Å². The standard InChI is InChI=1S/C17H26FN3/c1-13-10-14(18)4-5-16(13)17(11-19)21-9-6-15(12-21)20-7-2-3-8-20/h4-5,10,15,17H,2-3,6-9,11-12,19H2,1H3. The van der Waals surface area contributed by atoms with Gasteiger partial charge in [0.2, 0.25) is 0 Å². The minimum atomic E-state index is -0.164. The van der Waals surface area contributed by atoms with Crippen LogP contribution in [0.15, 0.2) is 18.2 Å². The van der Waals surface area contributed by atoms with Crippen molar-refractivity contribution < 1.29 is 4.39 Å². The summed E-state index contributed by atoms with van der Waals surface area (Å²) in [5.74, 6) is -0.164. The van der Waals surface area contributed by atoms with Crippen LogP contribution in [0.5, 0.6) is 0 Å². The molecule has 1 aromatic carbocycles. The van der Waals surface area contributed by atoms with Gasteiger partial charge < -0.3 is 5.73 Å². The molecule has 0 saturated carbocycles. The number of aryl methyl sites for hydroxylation is 1. The van der Waals surface area contributed by atoms with Crippen LogP contribution >= 0.6 is 0 Å². The Morgan fingerprint density at radius 2 is 2.05 bits per heavy atom. The van der Waals surface area contributed by atoms with E-state index in [9.17, 15) is 4.39 Å². The van der Waals surface area contributed by atoms with Crippen molar-refractivity contribution in [2.24, 2.45) is 5.73 Å². The zero-order valence-electron chi connectivity index (χ0n) is 12.9. The number of halogens is 1. The maximum atomic E-state index is 13.3. The highest BCUT2D eigenvalue weighted by Gasteiger charge is 2.33. The fourth-order valence-electron chi connectivity index (χ4n) is 3.94. The minimum absolute atomic E-state index is 0.164. The molecular formula is C17H26FN3. The van der Waals surface area contributed by atoms with Gasteiger partial charge in [-0.2, -0.15) is 0 Å². The van der Waals surface area contributed by atoms with E-state index in [0.717, 1.165) is 18.7 Å². The monoisotopic (exact) mass is 291 g/mol. The van der Waals surface area contributed by atoms with E-state index >= 15 is 0 Å². The van der Waals surface area contributed by atoms with Crippen LogP contribution in [0.25, 0.3) is 0 Å². The molecule has 2 unspecified atom stereocenters. The highest BCUT2D eigenvalue weighted by molar-refractivity contribution is 5.30. The molecule has 1 aromatic rings. The summed E-state index contributed by atoms with van der Waals surface area (Å²) < 4.78 is 13.3. The lowest BCUT2D eigenvalue weighted by Gasteiger charge is -2.30. The van der Waals surface area contributed by atoms with Gasteiger partial charge >= 0.3 is 0 Å². The minimum Gasteiger partial charge on any atom is -0.329 e. The number of nitrogens with two attached hydrogens (primary N) is 1. The molecule has 2 aliphatic heterocycles. The second-order valence-corrected chi connectivity index (χ2v) is 6.43. The fourth-order valence-corrected chi connectivity index (χ4v) is 3.94. The van der Waals surface area contributed by atoms with Gasteiger partial charge in [0.15, 0.2) is 0 Å². The smallest absolute Gasteiger partial charge is 0.123 e. The van der Waals surface area contributed by atoms with Crippen molar-refractivity contribution in [3.05, 3.63) is 35.1 Å². The molecule has 0 bridgehead atoms. The van der Waals surface area contributed by atoms with E-state index in [-0.39, 0.29) is 11.9 Å². The topological polar surface area (TPSA) is 32.5 Å². The molecule has 2 atom stereocenters. The summed E-state index contributed by atoms with van der Waals surface area (Å²) in [6.45, 7) is 7.27. The first-order valence-corrected chi connectivity index (χ1v) is 8.13. The molecule has 0 aliphatic carbocycles. The third-order valence-corrected chi connectivity index (χ3v) is 5.11. The average Bonchev–Trinajstić information content (AvgIpc) is 3.12. The highest BCUT2D eigenvalue weighted by Crippen LogP contribution is 2.29. The molecule has 3 rings (SSSR count). The molecule has 0 radical (unpaired) electrons. The lowest BCUT2D eigenvalue weighted by atomic mass is 10.00. The van der Waals surface area contributed by atoms with Gasteiger partial charge in [0, 0.05) is 31.7 Å². The lowest BCUT2D eigenvalue weighted by Crippen LogP contribution is -2.38. The number of likely N-dealkylation sites (tertiary alicyclic amines) is 2. The molecule has 116 valence electrons. The van der Waals surface area contributed by atoms with Crippen molar-refractivity contribution in [1.82, 2.24) is 9.80 Å². The summed E-state index contributed by atoms with van der Waals surface area (Å²) in [5, 5.41) is 0. The van der Waals surface area contributed by atoms with E-state index in [1.807, 2.05) is 13.0 Å². The number of nitrogens with zero attached hydrogens (tertiary/aromatic N) is 2. The molecule has 4 heteroatoms. The van der Waals surface area contributed by atoms with Gasteiger partial charge in [0.05, 0.1) is 0 Å². The van der Waals surface area contributed by atoms with E-state index < -0.39 is 0 Å². The van der Waals surface area contributed by atoms with Crippen LogP contribution < -0.4 is 5.73 Å². The molecule has 2 aliphatic rings. The average molecular weight is 291 g/mol. The van der Waals surface area contributed by atoms with Gasteiger partial charge in [-0.15, -0.1) is 0 Å². The number of benzene rings is 1. The molecule has 2 fully saturated rings. The van der Waals surface area contributed by atoms with Crippen molar-refractivity contribution in [2.45, 2.75) is 38.3 Å². The van der Waals surface area contributed by atoms with Crippen LogP contribution in [0, 0.1) is 12.7 Å². The molecule has 2 saturated heterocycles. The van der Waals surface area contributed by atoms with Gasteiger partial charge in [0.25, 0.3) is 0 Å². The maximum absolute atomic E-state index is 13.3. The van der Waals surface area contributed by atoms with E-state index in [4.69, 9.17) is 5.73 Å². The highest BCUT2D eigenvalue weighted by atomic mass is 19.1. The Balaban J connectivity index is 1.72. The van der Waals surface area contributed by atoms with Gasteiger partial charge in [-0.25, -0.2) is 4.39 Å². The normalized spacial score (nSPS) is 25.6. The summed E-state index contributed by atoms with van der Waals surface area (Å²) in [6.07, 6.45) is 3.92. The number of rotatable bonds is 4. The quantitative estimate of drug-likeness (QED) is 0.924. The van der Waals surface area contributed by atoms with Gasteiger partial charge in [-0.05, 0) is 62.5 Å². The second kappa shape index (κ2) is 6.42. The summed E-state index contributed by atoms with van der Waals surface area (Å²) in [5.41, 5.74) is 8.23. The van der Waals surface area contributed by atoms with Crippen LogP contribution in [0.2, 0.25) is 0 Å². The van der Waals surface area contributed by atoms with Crippen molar-refractivity contribution >= 4 is 0 Å².